The smallest absolute Gasteiger partial charge is 0.227 e. The van der Waals surface area contributed by atoms with Crippen LogP contribution in [-0.2, 0) is 11.2 Å². The fourth-order valence-corrected chi connectivity index (χ4v) is 2.83. The van der Waals surface area contributed by atoms with Crippen LogP contribution in [0.15, 0.2) is 41.0 Å². The second-order valence-electron chi connectivity index (χ2n) is 5.60. The van der Waals surface area contributed by atoms with Crippen LogP contribution in [0.1, 0.15) is 12.0 Å². The molecule has 24 heavy (non-hydrogen) atoms. The van der Waals surface area contributed by atoms with Gasteiger partial charge in [0.15, 0.2) is 0 Å². The minimum atomic E-state index is -0.700. The lowest BCUT2D eigenvalue weighted by Crippen LogP contribution is -2.32. The van der Waals surface area contributed by atoms with Crippen LogP contribution < -0.4 is 4.74 Å². The standard InChI is InChI=1S/C17H15BrF2N2O2/c18-12-2-4-16(21-9-12)24-14-5-6-22(10-14)17(23)7-11-1-3-13(19)8-15(11)20/h1-4,8-9,14H,5-7,10H2/t14-/m0/s1. The molecule has 2 heterocycles. The number of carbonyl (C=O) groups is 1. The van der Waals surface area contributed by atoms with E-state index in [1.54, 1.807) is 17.2 Å². The van der Waals surface area contributed by atoms with E-state index in [0.717, 1.165) is 16.6 Å². The van der Waals surface area contributed by atoms with Gasteiger partial charge in [-0.15, -0.1) is 0 Å². The second-order valence-corrected chi connectivity index (χ2v) is 6.51. The van der Waals surface area contributed by atoms with E-state index in [4.69, 9.17) is 4.74 Å². The average Bonchev–Trinajstić information content (AvgIpc) is 3.01. The molecule has 1 atom stereocenters. The van der Waals surface area contributed by atoms with Gasteiger partial charge in [0.2, 0.25) is 11.8 Å². The first-order valence-electron chi connectivity index (χ1n) is 7.51. The van der Waals surface area contributed by atoms with Gasteiger partial charge in [0, 0.05) is 35.8 Å². The summed E-state index contributed by atoms with van der Waals surface area (Å²) in [6, 6.07) is 6.83. The van der Waals surface area contributed by atoms with Gasteiger partial charge in [-0.25, -0.2) is 13.8 Å². The third-order valence-corrected chi connectivity index (χ3v) is 4.31. The van der Waals surface area contributed by atoms with Crippen molar-refractivity contribution in [3.63, 3.8) is 0 Å². The van der Waals surface area contributed by atoms with Crippen LogP contribution in [0, 0.1) is 11.6 Å². The molecule has 0 N–H and O–H groups in total. The van der Waals surface area contributed by atoms with Crippen molar-refractivity contribution >= 4 is 21.8 Å². The van der Waals surface area contributed by atoms with E-state index in [9.17, 15) is 13.6 Å². The molecule has 0 saturated carbocycles. The van der Waals surface area contributed by atoms with Crippen molar-refractivity contribution in [2.75, 3.05) is 13.1 Å². The van der Waals surface area contributed by atoms with E-state index < -0.39 is 11.6 Å². The Balaban J connectivity index is 1.56. The van der Waals surface area contributed by atoms with Crippen molar-refractivity contribution < 1.29 is 18.3 Å². The molecule has 126 valence electrons. The largest absolute Gasteiger partial charge is 0.472 e. The summed E-state index contributed by atoms with van der Waals surface area (Å²) in [5.74, 6) is -1.05. The Bertz CT molecular complexity index is 740. The molecular weight excluding hydrogens is 382 g/mol. The van der Waals surface area contributed by atoms with Crippen molar-refractivity contribution in [3.8, 4) is 5.88 Å². The van der Waals surface area contributed by atoms with E-state index >= 15 is 0 Å². The number of likely N-dealkylation sites (tertiary alicyclic amines) is 1. The summed E-state index contributed by atoms with van der Waals surface area (Å²) in [6.07, 6.45) is 2.11. The summed E-state index contributed by atoms with van der Waals surface area (Å²) in [7, 11) is 0. The van der Waals surface area contributed by atoms with Crippen LogP contribution in [-0.4, -0.2) is 35.0 Å². The van der Waals surface area contributed by atoms with Crippen molar-refractivity contribution in [2.24, 2.45) is 0 Å². The summed E-state index contributed by atoms with van der Waals surface area (Å²) < 4.78 is 33.2. The lowest BCUT2D eigenvalue weighted by atomic mass is 10.1. The summed E-state index contributed by atoms with van der Waals surface area (Å²) in [6.45, 7) is 0.974. The van der Waals surface area contributed by atoms with E-state index in [2.05, 4.69) is 20.9 Å². The van der Waals surface area contributed by atoms with Gasteiger partial charge < -0.3 is 9.64 Å². The number of pyridine rings is 1. The molecule has 1 fully saturated rings. The van der Waals surface area contributed by atoms with Gasteiger partial charge in [-0.2, -0.15) is 0 Å². The number of nitrogens with zero attached hydrogens (tertiary/aromatic N) is 2. The van der Waals surface area contributed by atoms with Gasteiger partial charge in [0.05, 0.1) is 13.0 Å². The fraction of sp³-hybridized carbons (Fsp3) is 0.294. The van der Waals surface area contributed by atoms with Gasteiger partial charge in [0.1, 0.15) is 17.7 Å². The van der Waals surface area contributed by atoms with Crippen LogP contribution >= 0.6 is 15.9 Å². The minimum Gasteiger partial charge on any atom is -0.472 e. The summed E-state index contributed by atoms with van der Waals surface area (Å²) >= 11 is 3.30. The molecule has 1 aliphatic rings. The summed E-state index contributed by atoms with van der Waals surface area (Å²) in [4.78, 5) is 18.1. The quantitative estimate of drug-likeness (QED) is 0.795. The van der Waals surface area contributed by atoms with E-state index in [0.29, 0.717) is 25.4 Å². The highest BCUT2D eigenvalue weighted by atomic mass is 79.9. The Hall–Kier alpha value is -2.02. The molecule has 1 saturated heterocycles. The second kappa shape index (κ2) is 7.25. The van der Waals surface area contributed by atoms with Crippen molar-refractivity contribution in [3.05, 3.63) is 58.2 Å². The molecule has 1 aromatic carbocycles. The molecule has 1 aromatic heterocycles. The molecule has 1 amide bonds. The Labute approximate surface area is 146 Å². The molecule has 0 unspecified atom stereocenters. The Morgan fingerprint density at radius 1 is 1.33 bits per heavy atom. The van der Waals surface area contributed by atoms with Crippen molar-refractivity contribution in [2.45, 2.75) is 18.9 Å². The Kier molecular flexibility index (Phi) is 5.08. The van der Waals surface area contributed by atoms with Gasteiger partial charge in [-0.3, -0.25) is 4.79 Å². The van der Waals surface area contributed by atoms with Gasteiger partial charge >= 0.3 is 0 Å². The van der Waals surface area contributed by atoms with Crippen LogP contribution in [0.3, 0.4) is 0 Å². The molecule has 0 aliphatic carbocycles. The number of halogens is 3. The summed E-state index contributed by atoms with van der Waals surface area (Å²) in [5.41, 5.74) is 0.195. The van der Waals surface area contributed by atoms with E-state index in [1.165, 1.54) is 6.07 Å². The number of ether oxygens (including phenoxy) is 1. The van der Waals surface area contributed by atoms with Crippen LogP contribution in [0.25, 0.3) is 0 Å². The molecule has 7 heteroatoms. The molecule has 0 spiro atoms. The zero-order valence-electron chi connectivity index (χ0n) is 12.7. The highest BCUT2D eigenvalue weighted by molar-refractivity contribution is 9.10. The Morgan fingerprint density at radius 3 is 2.88 bits per heavy atom. The Morgan fingerprint density at radius 2 is 2.17 bits per heavy atom. The van der Waals surface area contributed by atoms with E-state index in [1.807, 2.05) is 6.07 Å². The maximum Gasteiger partial charge on any atom is 0.227 e. The van der Waals surface area contributed by atoms with Crippen LogP contribution in [0.5, 0.6) is 5.88 Å². The topological polar surface area (TPSA) is 42.4 Å². The lowest BCUT2D eigenvalue weighted by Gasteiger charge is -2.17. The number of hydrogen-bond acceptors (Lipinski definition) is 3. The molecule has 0 radical (unpaired) electrons. The molecule has 2 aromatic rings. The number of rotatable bonds is 4. The molecule has 3 rings (SSSR count). The molecule has 4 nitrogen and oxygen atoms in total. The molecule has 1 aliphatic heterocycles. The van der Waals surface area contributed by atoms with Crippen molar-refractivity contribution in [1.82, 2.24) is 9.88 Å². The fourth-order valence-electron chi connectivity index (χ4n) is 2.59. The number of aromatic nitrogens is 1. The monoisotopic (exact) mass is 396 g/mol. The van der Waals surface area contributed by atoms with Crippen LogP contribution in [0.2, 0.25) is 0 Å². The lowest BCUT2D eigenvalue weighted by molar-refractivity contribution is -0.129. The highest BCUT2D eigenvalue weighted by Gasteiger charge is 2.28. The van der Waals surface area contributed by atoms with Crippen LogP contribution in [0.4, 0.5) is 8.78 Å². The van der Waals surface area contributed by atoms with Gasteiger partial charge in [0.25, 0.3) is 0 Å². The van der Waals surface area contributed by atoms with Crippen molar-refractivity contribution in [1.29, 1.82) is 0 Å². The SMILES string of the molecule is O=C(Cc1ccc(F)cc1F)N1CC[C@H](Oc2ccc(Br)cn2)C1. The molecule has 0 bridgehead atoms. The number of hydrogen-bond donors (Lipinski definition) is 0. The zero-order valence-corrected chi connectivity index (χ0v) is 14.3. The third-order valence-electron chi connectivity index (χ3n) is 3.84. The highest BCUT2D eigenvalue weighted by Crippen LogP contribution is 2.19. The molecular formula is C17H15BrF2N2O2. The number of amides is 1. The summed E-state index contributed by atoms with van der Waals surface area (Å²) in [5, 5.41) is 0. The number of benzene rings is 1. The van der Waals surface area contributed by atoms with Gasteiger partial charge in [-0.05, 0) is 33.6 Å². The first-order valence-corrected chi connectivity index (χ1v) is 8.30. The normalized spacial score (nSPS) is 17.1. The predicted octanol–water partition coefficient (Wildman–Crippen LogP) is 3.34. The predicted molar refractivity (Wildman–Crippen MR) is 87.6 cm³/mol. The van der Waals surface area contributed by atoms with Gasteiger partial charge in [-0.1, -0.05) is 6.07 Å². The minimum absolute atomic E-state index is 0.0879. The maximum atomic E-state index is 13.6. The van der Waals surface area contributed by atoms with E-state index in [-0.39, 0.29) is 24.0 Å². The third kappa shape index (κ3) is 4.08. The zero-order chi connectivity index (χ0) is 17.1. The average molecular weight is 397 g/mol. The maximum absolute atomic E-state index is 13.6. The first kappa shape index (κ1) is 16.8. The number of carbonyl (C=O) groups excluding carboxylic acids is 1. The first-order chi connectivity index (χ1) is 11.5.